The third kappa shape index (κ3) is 4.92. The molecule has 0 bridgehead atoms. The van der Waals surface area contributed by atoms with Gasteiger partial charge < -0.3 is 9.84 Å². The molecule has 0 aliphatic rings. The highest BCUT2D eigenvalue weighted by Gasteiger charge is 2.10. The first-order chi connectivity index (χ1) is 11.8. The van der Waals surface area contributed by atoms with Gasteiger partial charge in [-0.25, -0.2) is 4.98 Å². The standard InChI is InChI=1S/C18H19N3O2S/c22-16(12-23-11-14-7-3-1-4-8-14)13-24-18-19-17(20-21-18)15-9-5-2-6-10-15/h1-10,16,22H,11-13H2,(H,19,20,21). The summed E-state index contributed by atoms with van der Waals surface area (Å²) in [6, 6.07) is 19.7. The van der Waals surface area contributed by atoms with Gasteiger partial charge in [-0.05, 0) is 5.56 Å². The molecule has 2 aromatic carbocycles. The first kappa shape index (κ1) is 16.7. The van der Waals surface area contributed by atoms with E-state index in [9.17, 15) is 5.11 Å². The number of benzene rings is 2. The Kier molecular flexibility index (Phi) is 6.01. The van der Waals surface area contributed by atoms with Crippen molar-refractivity contribution in [2.75, 3.05) is 12.4 Å². The van der Waals surface area contributed by atoms with Crippen LogP contribution in [0.3, 0.4) is 0 Å². The molecule has 24 heavy (non-hydrogen) atoms. The van der Waals surface area contributed by atoms with Crippen LogP contribution in [0.4, 0.5) is 0 Å². The van der Waals surface area contributed by atoms with Crippen LogP contribution in [0, 0.1) is 0 Å². The van der Waals surface area contributed by atoms with Crippen LogP contribution in [0.15, 0.2) is 65.8 Å². The molecule has 1 aromatic heterocycles. The average molecular weight is 341 g/mol. The van der Waals surface area contributed by atoms with E-state index in [4.69, 9.17) is 4.74 Å². The Bertz CT molecular complexity index is 734. The van der Waals surface area contributed by atoms with Gasteiger partial charge in [0.1, 0.15) is 0 Å². The van der Waals surface area contributed by atoms with Crippen LogP contribution in [0.1, 0.15) is 5.56 Å². The molecule has 124 valence electrons. The zero-order chi connectivity index (χ0) is 16.6. The molecule has 3 aromatic rings. The van der Waals surface area contributed by atoms with E-state index in [1.165, 1.54) is 11.8 Å². The van der Waals surface area contributed by atoms with Crippen LogP contribution >= 0.6 is 11.8 Å². The number of H-pyrrole nitrogens is 1. The van der Waals surface area contributed by atoms with Gasteiger partial charge in [0.25, 0.3) is 0 Å². The molecular weight excluding hydrogens is 322 g/mol. The molecule has 3 rings (SSSR count). The molecule has 2 N–H and O–H groups in total. The largest absolute Gasteiger partial charge is 0.390 e. The number of nitrogens with zero attached hydrogens (tertiary/aromatic N) is 2. The summed E-state index contributed by atoms with van der Waals surface area (Å²) in [4.78, 5) is 4.42. The van der Waals surface area contributed by atoms with Gasteiger partial charge in [0, 0.05) is 11.3 Å². The topological polar surface area (TPSA) is 71.0 Å². The molecule has 0 spiro atoms. The minimum atomic E-state index is -0.558. The van der Waals surface area contributed by atoms with Crippen LogP contribution in [0.2, 0.25) is 0 Å². The van der Waals surface area contributed by atoms with Gasteiger partial charge in [-0.15, -0.1) is 5.10 Å². The van der Waals surface area contributed by atoms with Gasteiger partial charge in [0.05, 0.1) is 19.3 Å². The molecule has 1 heterocycles. The Morgan fingerprint density at radius 1 is 1.04 bits per heavy atom. The molecule has 0 amide bonds. The lowest BCUT2D eigenvalue weighted by molar-refractivity contribution is 0.0398. The van der Waals surface area contributed by atoms with Crippen molar-refractivity contribution < 1.29 is 9.84 Å². The van der Waals surface area contributed by atoms with E-state index in [1.54, 1.807) is 0 Å². The van der Waals surface area contributed by atoms with Crippen molar-refractivity contribution >= 4 is 11.8 Å². The number of aromatic nitrogens is 3. The SMILES string of the molecule is OC(COCc1ccccc1)CSc1n[nH]c(-c2ccccc2)n1. The van der Waals surface area contributed by atoms with Crippen LogP contribution in [0.25, 0.3) is 11.4 Å². The Labute approximate surface area is 145 Å². The summed E-state index contributed by atoms with van der Waals surface area (Å²) >= 11 is 1.41. The molecular formula is C18H19N3O2S. The molecule has 1 unspecified atom stereocenters. The van der Waals surface area contributed by atoms with E-state index in [2.05, 4.69) is 15.2 Å². The summed E-state index contributed by atoms with van der Waals surface area (Å²) in [7, 11) is 0. The Balaban J connectivity index is 1.42. The maximum atomic E-state index is 10.0. The smallest absolute Gasteiger partial charge is 0.208 e. The lowest BCUT2D eigenvalue weighted by Gasteiger charge is -2.09. The fourth-order valence-electron chi connectivity index (χ4n) is 2.14. The Hall–Kier alpha value is -2.15. The van der Waals surface area contributed by atoms with Crippen LogP contribution < -0.4 is 0 Å². The molecule has 5 nitrogen and oxygen atoms in total. The Morgan fingerprint density at radius 3 is 2.50 bits per heavy atom. The predicted molar refractivity (Wildman–Crippen MR) is 94.6 cm³/mol. The fourth-order valence-corrected chi connectivity index (χ4v) is 2.85. The van der Waals surface area contributed by atoms with Gasteiger partial charge in [0.15, 0.2) is 5.82 Å². The molecule has 0 saturated heterocycles. The Morgan fingerprint density at radius 2 is 1.75 bits per heavy atom. The molecule has 0 aliphatic carbocycles. The first-order valence-electron chi connectivity index (χ1n) is 7.71. The van der Waals surface area contributed by atoms with Crippen molar-refractivity contribution in [3.05, 3.63) is 66.2 Å². The van der Waals surface area contributed by atoms with Gasteiger partial charge in [-0.2, -0.15) is 0 Å². The normalized spacial score (nSPS) is 12.2. The third-order valence-corrected chi connectivity index (χ3v) is 4.33. The lowest BCUT2D eigenvalue weighted by atomic mass is 10.2. The van der Waals surface area contributed by atoms with Crippen molar-refractivity contribution in [2.24, 2.45) is 0 Å². The van der Waals surface area contributed by atoms with Crippen molar-refractivity contribution in [1.29, 1.82) is 0 Å². The van der Waals surface area contributed by atoms with Crippen LogP contribution in [-0.2, 0) is 11.3 Å². The lowest BCUT2D eigenvalue weighted by Crippen LogP contribution is -2.18. The second kappa shape index (κ2) is 8.63. The van der Waals surface area contributed by atoms with Crippen molar-refractivity contribution in [1.82, 2.24) is 15.2 Å². The van der Waals surface area contributed by atoms with Crippen molar-refractivity contribution in [3.63, 3.8) is 0 Å². The predicted octanol–water partition coefficient (Wildman–Crippen LogP) is 3.14. The second-order valence-electron chi connectivity index (χ2n) is 5.30. The number of hydrogen-bond donors (Lipinski definition) is 2. The molecule has 1 atom stereocenters. The molecule has 0 fully saturated rings. The van der Waals surface area contributed by atoms with Gasteiger partial charge >= 0.3 is 0 Å². The summed E-state index contributed by atoms with van der Waals surface area (Å²) in [5.41, 5.74) is 2.09. The number of aliphatic hydroxyl groups is 1. The average Bonchev–Trinajstić information content (AvgIpc) is 3.11. The summed E-state index contributed by atoms with van der Waals surface area (Å²) < 4.78 is 5.53. The van der Waals surface area contributed by atoms with E-state index in [1.807, 2.05) is 60.7 Å². The molecule has 0 aliphatic heterocycles. The van der Waals surface area contributed by atoms with Gasteiger partial charge in [-0.3, -0.25) is 5.10 Å². The number of aliphatic hydroxyl groups excluding tert-OH is 1. The third-order valence-electron chi connectivity index (χ3n) is 3.34. The zero-order valence-corrected chi connectivity index (χ0v) is 13.9. The highest BCUT2D eigenvalue weighted by atomic mass is 32.2. The highest BCUT2D eigenvalue weighted by Crippen LogP contribution is 2.19. The van der Waals surface area contributed by atoms with E-state index < -0.39 is 6.10 Å². The molecule has 0 saturated carbocycles. The maximum absolute atomic E-state index is 10.0. The monoisotopic (exact) mass is 341 g/mol. The van der Waals surface area contributed by atoms with Gasteiger partial charge in [0.2, 0.25) is 5.16 Å². The minimum absolute atomic E-state index is 0.290. The number of nitrogens with one attached hydrogen (secondary N) is 1. The van der Waals surface area contributed by atoms with E-state index in [0.29, 0.717) is 17.5 Å². The number of thioether (sulfide) groups is 1. The summed E-state index contributed by atoms with van der Waals surface area (Å²) in [5.74, 6) is 1.22. The van der Waals surface area contributed by atoms with E-state index in [0.717, 1.165) is 17.0 Å². The zero-order valence-electron chi connectivity index (χ0n) is 13.1. The quantitative estimate of drug-likeness (QED) is 0.616. The molecule has 0 radical (unpaired) electrons. The summed E-state index contributed by atoms with van der Waals surface area (Å²) in [5, 5.41) is 17.7. The summed E-state index contributed by atoms with van der Waals surface area (Å²) in [6.07, 6.45) is -0.558. The van der Waals surface area contributed by atoms with E-state index in [-0.39, 0.29) is 6.61 Å². The van der Waals surface area contributed by atoms with E-state index >= 15 is 0 Å². The summed E-state index contributed by atoms with van der Waals surface area (Å²) in [6.45, 7) is 0.791. The first-order valence-corrected chi connectivity index (χ1v) is 8.70. The number of ether oxygens (including phenoxy) is 1. The number of aromatic amines is 1. The van der Waals surface area contributed by atoms with Crippen LogP contribution in [-0.4, -0.2) is 38.8 Å². The van der Waals surface area contributed by atoms with Crippen LogP contribution in [0.5, 0.6) is 0 Å². The van der Waals surface area contributed by atoms with Crippen molar-refractivity contribution in [3.8, 4) is 11.4 Å². The maximum Gasteiger partial charge on any atom is 0.208 e. The van der Waals surface area contributed by atoms with Crippen molar-refractivity contribution in [2.45, 2.75) is 17.9 Å². The second-order valence-corrected chi connectivity index (χ2v) is 6.29. The number of rotatable bonds is 8. The minimum Gasteiger partial charge on any atom is -0.390 e. The fraction of sp³-hybridized carbons (Fsp3) is 0.222. The van der Waals surface area contributed by atoms with Gasteiger partial charge in [-0.1, -0.05) is 72.4 Å². The highest BCUT2D eigenvalue weighted by molar-refractivity contribution is 7.99. The molecule has 6 heteroatoms. The number of hydrogen-bond acceptors (Lipinski definition) is 5.